The van der Waals surface area contributed by atoms with Crippen LogP contribution in [-0.4, -0.2) is 11.5 Å². The van der Waals surface area contributed by atoms with Gasteiger partial charge in [0.15, 0.2) is 4.33 Å². The Labute approximate surface area is 89.5 Å². The highest BCUT2D eigenvalue weighted by molar-refractivity contribution is 6.48. The van der Waals surface area contributed by atoms with Crippen LogP contribution in [0.2, 0.25) is 0 Å². The lowest BCUT2D eigenvalue weighted by molar-refractivity contribution is -0.385. The van der Waals surface area contributed by atoms with Crippen LogP contribution in [-0.2, 0) is 4.33 Å². The number of para-hydroxylation sites is 1. The molecule has 0 atom stereocenters. The van der Waals surface area contributed by atoms with Gasteiger partial charge in [0.1, 0.15) is 6.61 Å². The summed E-state index contributed by atoms with van der Waals surface area (Å²) < 4.78 is 3.92. The molecule has 1 aliphatic heterocycles. The summed E-state index contributed by atoms with van der Waals surface area (Å²) in [5.74, 6) is 0.169. The van der Waals surface area contributed by atoms with Gasteiger partial charge in [0.05, 0.1) is 4.92 Å². The molecule has 14 heavy (non-hydrogen) atoms. The van der Waals surface area contributed by atoms with E-state index in [0.717, 1.165) is 0 Å². The minimum Gasteiger partial charge on any atom is -0.483 e. The Kier molecular flexibility index (Phi) is 2.05. The Morgan fingerprint density at radius 2 is 2.21 bits per heavy atom. The predicted molar refractivity (Wildman–Crippen MR) is 52.0 cm³/mol. The molecule has 0 saturated heterocycles. The monoisotopic (exact) mass is 233 g/mol. The highest BCUT2D eigenvalue weighted by atomic mass is 35.5. The van der Waals surface area contributed by atoms with Gasteiger partial charge in [-0.05, 0) is 0 Å². The number of halogens is 2. The molecule has 6 heteroatoms. The summed E-state index contributed by atoms with van der Waals surface area (Å²) in [6.07, 6.45) is 0. The van der Waals surface area contributed by atoms with Crippen molar-refractivity contribution >= 4 is 28.9 Å². The molecule has 1 aliphatic rings. The molecular formula is C8H5Cl2NO3. The van der Waals surface area contributed by atoms with E-state index in [-0.39, 0.29) is 18.0 Å². The van der Waals surface area contributed by atoms with Crippen molar-refractivity contribution in [2.75, 3.05) is 6.61 Å². The molecule has 1 aromatic rings. The number of nitro groups is 1. The predicted octanol–water partition coefficient (Wildman–Crippen LogP) is 2.62. The second-order valence-electron chi connectivity index (χ2n) is 2.90. The molecular weight excluding hydrogens is 229 g/mol. The van der Waals surface area contributed by atoms with Crippen LogP contribution in [0.5, 0.6) is 5.75 Å². The second-order valence-corrected chi connectivity index (χ2v) is 4.39. The van der Waals surface area contributed by atoms with Crippen molar-refractivity contribution < 1.29 is 9.66 Å². The van der Waals surface area contributed by atoms with E-state index in [1.807, 2.05) is 0 Å². The molecule has 0 saturated carbocycles. The standard InChI is InChI=1S/C8H5Cl2NO3/c9-8(10)4-14-7-5(8)2-1-3-6(7)11(12)13/h1-3H,4H2. The van der Waals surface area contributed by atoms with Crippen LogP contribution in [0.3, 0.4) is 0 Å². The molecule has 0 radical (unpaired) electrons. The van der Waals surface area contributed by atoms with Gasteiger partial charge in [0, 0.05) is 11.6 Å². The van der Waals surface area contributed by atoms with Gasteiger partial charge in [-0.25, -0.2) is 0 Å². The third kappa shape index (κ3) is 1.31. The van der Waals surface area contributed by atoms with Crippen molar-refractivity contribution in [3.8, 4) is 5.75 Å². The fourth-order valence-corrected chi connectivity index (χ4v) is 1.76. The molecule has 74 valence electrons. The van der Waals surface area contributed by atoms with Crippen molar-refractivity contribution in [2.45, 2.75) is 4.33 Å². The summed E-state index contributed by atoms with van der Waals surface area (Å²) in [7, 11) is 0. The maximum Gasteiger partial charge on any atom is 0.311 e. The van der Waals surface area contributed by atoms with E-state index in [0.29, 0.717) is 5.56 Å². The van der Waals surface area contributed by atoms with Gasteiger partial charge in [0.25, 0.3) is 0 Å². The number of nitrogens with zero attached hydrogens (tertiary/aromatic N) is 1. The fourth-order valence-electron chi connectivity index (χ4n) is 1.35. The third-order valence-electron chi connectivity index (χ3n) is 1.98. The average Bonchev–Trinajstić information content (AvgIpc) is 2.42. The van der Waals surface area contributed by atoms with Crippen LogP contribution in [0.4, 0.5) is 5.69 Å². The molecule has 0 aliphatic carbocycles. The van der Waals surface area contributed by atoms with E-state index in [1.165, 1.54) is 12.1 Å². The van der Waals surface area contributed by atoms with E-state index in [4.69, 9.17) is 27.9 Å². The number of hydrogen-bond acceptors (Lipinski definition) is 3. The topological polar surface area (TPSA) is 52.4 Å². The summed E-state index contributed by atoms with van der Waals surface area (Å²) in [5.41, 5.74) is 0.348. The molecule has 0 aromatic heterocycles. The van der Waals surface area contributed by atoms with Crippen LogP contribution in [0.25, 0.3) is 0 Å². The number of alkyl halides is 2. The highest BCUT2D eigenvalue weighted by Gasteiger charge is 2.40. The largest absolute Gasteiger partial charge is 0.483 e. The highest BCUT2D eigenvalue weighted by Crippen LogP contribution is 2.48. The first kappa shape index (κ1) is 9.55. The zero-order valence-corrected chi connectivity index (χ0v) is 8.38. The van der Waals surface area contributed by atoms with Gasteiger partial charge in [0.2, 0.25) is 5.75 Å². The van der Waals surface area contributed by atoms with Gasteiger partial charge >= 0.3 is 5.69 Å². The number of ether oxygens (including phenoxy) is 1. The number of fused-ring (bicyclic) bond motifs is 1. The van der Waals surface area contributed by atoms with Crippen LogP contribution in [0.1, 0.15) is 5.56 Å². The minimum absolute atomic E-state index is 0.0380. The maximum atomic E-state index is 10.6. The Morgan fingerprint density at radius 1 is 1.50 bits per heavy atom. The number of rotatable bonds is 1. The van der Waals surface area contributed by atoms with E-state index in [9.17, 15) is 10.1 Å². The van der Waals surface area contributed by atoms with Crippen molar-refractivity contribution in [1.82, 2.24) is 0 Å². The molecule has 4 nitrogen and oxygen atoms in total. The van der Waals surface area contributed by atoms with Gasteiger partial charge in [-0.3, -0.25) is 10.1 Å². The van der Waals surface area contributed by atoms with Gasteiger partial charge in [-0.15, -0.1) is 0 Å². The molecule has 0 N–H and O–H groups in total. The lowest BCUT2D eigenvalue weighted by atomic mass is 10.1. The van der Waals surface area contributed by atoms with Crippen LogP contribution >= 0.6 is 23.2 Å². The Morgan fingerprint density at radius 3 is 2.86 bits per heavy atom. The summed E-state index contributed by atoms with van der Waals surface area (Å²) in [5, 5.41) is 10.6. The second kappa shape index (κ2) is 3.00. The Hall–Kier alpha value is -1.000. The first-order valence-corrected chi connectivity index (χ1v) is 4.56. The number of benzene rings is 1. The number of nitro benzene ring substituents is 1. The van der Waals surface area contributed by atoms with Crippen LogP contribution in [0, 0.1) is 10.1 Å². The smallest absolute Gasteiger partial charge is 0.311 e. The molecule has 0 bridgehead atoms. The SMILES string of the molecule is O=[N+]([O-])c1cccc2c1OCC2(Cl)Cl. The van der Waals surface area contributed by atoms with Crippen molar-refractivity contribution in [1.29, 1.82) is 0 Å². The van der Waals surface area contributed by atoms with Gasteiger partial charge in [-0.2, -0.15) is 0 Å². The van der Waals surface area contributed by atoms with Crippen molar-refractivity contribution in [3.63, 3.8) is 0 Å². The van der Waals surface area contributed by atoms with Gasteiger partial charge < -0.3 is 4.74 Å². The van der Waals surface area contributed by atoms with Gasteiger partial charge in [-0.1, -0.05) is 35.3 Å². The molecule has 2 rings (SSSR count). The van der Waals surface area contributed by atoms with Crippen LogP contribution in [0.15, 0.2) is 18.2 Å². The summed E-state index contributed by atoms with van der Waals surface area (Å²) in [4.78, 5) is 10.1. The summed E-state index contributed by atoms with van der Waals surface area (Å²) in [6, 6.07) is 4.51. The zero-order valence-electron chi connectivity index (χ0n) is 6.87. The molecule has 1 heterocycles. The lowest BCUT2D eigenvalue weighted by Gasteiger charge is -2.08. The molecule has 0 fully saturated rings. The van der Waals surface area contributed by atoms with E-state index < -0.39 is 9.26 Å². The van der Waals surface area contributed by atoms with E-state index in [2.05, 4.69) is 0 Å². The minimum atomic E-state index is -1.18. The zero-order chi connectivity index (χ0) is 10.3. The molecule has 0 amide bonds. The normalized spacial score (nSPS) is 17.3. The molecule has 1 aromatic carbocycles. The number of hydrogen-bond donors (Lipinski definition) is 0. The fraction of sp³-hybridized carbons (Fsp3) is 0.250. The first-order chi connectivity index (χ1) is 6.52. The van der Waals surface area contributed by atoms with E-state index >= 15 is 0 Å². The quantitative estimate of drug-likeness (QED) is 0.426. The maximum absolute atomic E-state index is 10.6. The first-order valence-electron chi connectivity index (χ1n) is 3.81. The van der Waals surface area contributed by atoms with E-state index in [1.54, 1.807) is 6.07 Å². The molecule has 0 spiro atoms. The molecule has 0 unspecified atom stereocenters. The Bertz CT molecular complexity index is 406. The third-order valence-corrected chi connectivity index (χ3v) is 2.61. The van der Waals surface area contributed by atoms with Crippen LogP contribution < -0.4 is 4.74 Å². The summed E-state index contributed by atoms with van der Waals surface area (Å²) >= 11 is 11.8. The van der Waals surface area contributed by atoms with Crippen molar-refractivity contribution in [2.24, 2.45) is 0 Å². The Balaban J connectivity index is 2.61. The van der Waals surface area contributed by atoms with Crippen molar-refractivity contribution in [3.05, 3.63) is 33.9 Å². The lowest BCUT2D eigenvalue weighted by Crippen LogP contribution is -2.10. The average molecular weight is 234 g/mol. The summed E-state index contributed by atoms with van der Waals surface area (Å²) in [6.45, 7) is 0.0380.